The summed E-state index contributed by atoms with van der Waals surface area (Å²) >= 11 is 15.3. The van der Waals surface area contributed by atoms with Gasteiger partial charge in [0.25, 0.3) is 5.56 Å². The van der Waals surface area contributed by atoms with E-state index in [1.165, 1.54) is 11.8 Å². The van der Waals surface area contributed by atoms with Crippen LogP contribution < -0.4 is 5.56 Å². The smallest absolute Gasteiger partial charge is 0.267 e. The summed E-state index contributed by atoms with van der Waals surface area (Å²) in [5.41, 5.74) is 2.55. The van der Waals surface area contributed by atoms with Crippen LogP contribution in [0.1, 0.15) is 29.9 Å². The topological polar surface area (TPSA) is 44.1 Å². The standard InChI is InChI=1S/C24H20Cl2N2O2S2/c1-24(2)11-16-19(12-30-24)32-21-20(16)22(29)28(15-6-4-3-5-7-15)23(27-21)31-13-14-8-9-17(25)18(26)10-14/h3-10H,11-13H2,1-2H3. The fraction of sp³-hybridized carbons (Fsp3) is 0.250. The number of hydrogen-bond donors (Lipinski definition) is 0. The maximum Gasteiger partial charge on any atom is 0.267 e. The zero-order chi connectivity index (χ0) is 22.5. The van der Waals surface area contributed by atoms with E-state index in [-0.39, 0.29) is 11.2 Å². The second-order valence-electron chi connectivity index (χ2n) is 8.32. The zero-order valence-corrected chi connectivity index (χ0v) is 20.7. The van der Waals surface area contributed by atoms with Gasteiger partial charge < -0.3 is 4.74 Å². The molecule has 2 aromatic carbocycles. The van der Waals surface area contributed by atoms with Crippen LogP contribution in [0.15, 0.2) is 58.5 Å². The van der Waals surface area contributed by atoms with Crippen molar-refractivity contribution in [3.63, 3.8) is 0 Å². The molecule has 8 heteroatoms. The van der Waals surface area contributed by atoms with E-state index in [1.807, 2.05) is 42.5 Å². The van der Waals surface area contributed by atoms with E-state index in [1.54, 1.807) is 22.0 Å². The van der Waals surface area contributed by atoms with Gasteiger partial charge in [0.05, 0.1) is 33.3 Å². The van der Waals surface area contributed by atoms with E-state index >= 15 is 0 Å². The minimum absolute atomic E-state index is 0.0342. The second-order valence-corrected chi connectivity index (χ2v) is 11.2. The lowest BCUT2D eigenvalue weighted by Gasteiger charge is -2.29. The Morgan fingerprint density at radius 1 is 1.16 bits per heavy atom. The molecule has 0 radical (unpaired) electrons. The molecule has 0 saturated carbocycles. The Morgan fingerprint density at radius 2 is 1.94 bits per heavy atom. The number of halogens is 2. The largest absolute Gasteiger partial charge is 0.370 e. The fourth-order valence-electron chi connectivity index (χ4n) is 3.85. The summed E-state index contributed by atoms with van der Waals surface area (Å²) in [5.74, 6) is 0.614. The van der Waals surface area contributed by atoms with Crippen LogP contribution in [0.4, 0.5) is 0 Å². The van der Waals surface area contributed by atoms with Gasteiger partial charge in [-0.3, -0.25) is 9.36 Å². The maximum atomic E-state index is 13.8. The predicted octanol–water partition coefficient (Wildman–Crippen LogP) is 6.90. The molecule has 4 nitrogen and oxygen atoms in total. The highest BCUT2D eigenvalue weighted by Crippen LogP contribution is 2.38. The molecule has 0 N–H and O–H groups in total. The van der Waals surface area contributed by atoms with Crippen molar-refractivity contribution in [2.75, 3.05) is 0 Å². The first-order valence-corrected chi connectivity index (χ1v) is 12.7. The molecule has 0 unspecified atom stereocenters. The number of hydrogen-bond acceptors (Lipinski definition) is 5. The van der Waals surface area contributed by atoms with E-state index < -0.39 is 0 Å². The van der Waals surface area contributed by atoms with Crippen molar-refractivity contribution < 1.29 is 4.74 Å². The molecule has 0 atom stereocenters. The van der Waals surface area contributed by atoms with Crippen LogP contribution >= 0.6 is 46.3 Å². The Hall–Kier alpha value is -1.83. The van der Waals surface area contributed by atoms with Crippen LogP contribution in [0.25, 0.3) is 15.9 Å². The molecule has 2 aromatic heterocycles. The van der Waals surface area contributed by atoms with Crippen LogP contribution in [0.5, 0.6) is 0 Å². The molecule has 1 aliphatic rings. The van der Waals surface area contributed by atoms with Crippen LogP contribution in [0, 0.1) is 0 Å². The van der Waals surface area contributed by atoms with Gasteiger partial charge in [-0.15, -0.1) is 11.3 Å². The normalized spacial score (nSPS) is 15.1. The quantitative estimate of drug-likeness (QED) is 0.225. The average Bonchev–Trinajstić information content (AvgIpc) is 3.12. The van der Waals surface area contributed by atoms with Gasteiger partial charge in [-0.2, -0.15) is 0 Å². The summed E-state index contributed by atoms with van der Waals surface area (Å²) in [6.45, 7) is 4.63. The lowest BCUT2D eigenvalue weighted by molar-refractivity contribution is -0.0379. The maximum absolute atomic E-state index is 13.8. The van der Waals surface area contributed by atoms with E-state index in [0.717, 1.165) is 26.5 Å². The monoisotopic (exact) mass is 502 g/mol. The molecule has 0 saturated heterocycles. The van der Waals surface area contributed by atoms with Crippen molar-refractivity contribution in [2.45, 2.75) is 43.4 Å². The van der Waals surface area contributed by atoms with Crippen LogP contribution in [0.3, 0.4) is 0 Å². The van der Waals surface area contributed by atoms with Crippen molar-refractivity contribution in [1.82, 2.24) is 9.55 Å². The van der Waals surface area contributed by atoms with Crippen LogP contribution in [-0.2, 0) is 23.5 Å². The number of thioether (sulfide) groups is 1. The Morgan fingerprint density at radius 3 is 2.69 bits per heavy atom. The molecule has 32 heavy (non-hydrogen) atoms. The van der Waals surface area contributed by atoms with Gasteiger partial charge in [0.1, 0.15) is 4.83 Å². The Balaban J connectivity index is 1.64. The number of rotatable bonds is 4. The summed E-state index contributed by atoms with van der Waals surface area (Å²) < 4.78 is 7.70. The number of aromatic nitrogens is 2. The summed E-state index contributed by atoms with van der Waals surface area (Å²) in [4.78, 5) is 20.7. The third-order valence-electron chi connectivity index (χ3n) is 5.44. The number of thiophene rings is 1. The lowest BCUT2D eigenvalue weighted by atomic mass is 9.94. The second kappa shape index (κ2) is 8.50. The van der Waals surface area contributed by atoms with Crippen LogP contribution in [0.2, 0.25) is 10.0 Å². The van der Waals surface area contributed by atoms with E-state index in [0.29, 0.717) is 39.4 Å². The summed E-state index contributed by atoms with van der Waals surface area (Å²) in [7, 11) is 0. The van der Waals surface area contributed by atoms with Crippen molar-refractivity contribution in [2.24, 2.45) is 0 Å². The highest BCUT2D eigenvalue weighted by molar-refractivity contribution is 7.98. The molecule has 5 rings (SSSR count). The SMILES string of the molecule is CC1(C)Cc2c(sc3nc(SCc4ccc(Cl)c(Cl)c4)n(-c4ccccc4)c(=O)c23)CO1. The van der Waals surface area contributed by atoms with Crippen molar-refractivity contribution >= 4 is 56.5 Å². The fourth-order valence-corrected chi connectivity index (χ4v) is 6.27. The molecule has 0 aliphatic carbocycles. The van der Waals surface area contributed by atoms with Gasteiger partial charge >= 0.3 is 0 Å². The van der Waals surface area contributed by atoms with Gasteiger partial charge in [-0.1, -0.05) is 59.2 Å². The summed E-state index contributed by atoms with van der Waals surface area (Å²) in [6, 6.07) is 15.2. The predicted molar refractivity (Wildman–Crippen MR) is 134 cm³/mol. The van der Waals surface area contributed by atoms with E-state index in [2.05, 4.69) is 13.8 Å². The minimum Gasteiger partial charge on any atom is -0.370 e. The van der Waals surface area contributed by atoms with Gasteiger partial charge in [0, 0.05) is 17.1 Å². The first-order chi connectivity index (χ1) is 15.3. The Kier molecular flexibility index (Phi) is 5.84. The summed E-state index contributed by atoms with van der Waals surface area (Å²) in [5, 5.41) is 2.40. The van der Waals surface area contributed by atoms with Crippen molar-refractivity contribution in [3.05, 3.63) is 84.9 Å². The molecular formula is C24H20Cl2N2O2S2. The molecule has 164 valence electrons. The Labute approximate surface area is 204 Å². The highest BCUT2D eigenvalue weighted by Gasteiger charge is 2.31. The van der Waals surface area contributed by atoms with Crippen molar-refractivity contribution in [3.8, 4) is 5.69 Å². The third-order valence-corrected chi connectivity index (χ3v) is 8.29. The lowest BCUT2D eigenvalue weighted by Crippen LogP contribution is -2.32. The average molecular weight is 503 g/mol. The molecule has 0 amide bonds. The molecule has 0 fully saturated rings. The molecule has 3 heterocycles. The Bertz CT molecular complexity index is 1380. The number of fused-ring (bicyclic) bond motifs is 3. The third kappa shape index (κ3) is 4.11. The van der Waals surface area contributed by atoms with E-state index in [4.69, 9.17) is 32.9 Å². The molecule has 1 aliphatic heterocycles. The minimum atomic E-state index is -0.299. The number of benzene rings is 2. The van der Waals surface area contributed by atoms with Gasteiger partial charge in [-0.05, 0) is 49.2 Å². The van der Waals surface area contributed by atoms with Gasteiger partial charge in [0.15, 0.2) is 5.16 Å². The number of nitrogens with zero attached hydrogens (tertiary/aromatic N) is 2. The first-order valence-electron chi connectivity index (χ1n) is 10.2. The number of ether oxygens (including phenoxy) is 1. The summed E-state index contributed by atoms with van der Waals surface area (Å²) in [6.07, 6.45) is 0.698. The number of para-hydroxylation sites is 1. The van der Waals surface area contributed by atoms with Crippen LogP contribution in [-0.4, -0.2) is 15.2 Å². The van der Waals surface area contributed by atoms with E-state index in [9.17, 15) is 4.79 Å². The molecule has 0 bridgehead atoms. The highest BCUT2D eigenvalue weighted by atomic mass is 35.5. The molecular weight excluding hydrogens is 483 g/mol. The van der Waals surface area contributed by atoms with Crippen molar-refractivity contribution in [1.29, 1.82) is 0 Å². The molecule has 0 spiro atoms. The van der Waals surface area contributed by atoms with Gasteiger partial charge in [-0.25, -0.2) is 4.98 Å². The van der Waals surface area contributed by atoms with Gasteiger partial charge in [0.2, 0.25) is 0 Å². The first kappa shape index (κ1) is 22.0. The molecule has 4 aromatic rings. The zero-order valence-electron chi connectivity index (χ0n) is 17.5.